The Morgan fingerprint density at radius 1 is 1.05 bits per heavy atom. The van der Waals surface area contributed by atoms with Crippen LogP contribution in [-0.2, 0) is 4.74 Å². The molecule has 2 heterocycles. The van der Waals surface area contributed by atoms with Crippen LogP contribution in [0.4, 0.5) is 0 Å². The molecule has 1 saturated carbocycles. The van der Waals surface area contributed by atoms with Gasteiger partial charge in [-0.05, 0) is 44.7 Å². The number of hydrogen-bond acceptors (Lipinski definition) is 4. The summed E-state index contributed by atoms with van der Waals surface area (Å²) in [5.74, 6) is 0.939. The summed E-state index contributed by atoms with van der Waals surface area (Å²) in [5, 5.41) is 3.46. The van der Waals surface area contributed by atoms with Gasteiger partial charge in [0.15, 0.2) is 0 Å². The van der Waals surface area contributed by atoms with Gasteiger partial charge in [-0.1, -0.05) is 0 Å². The number of nitrogens with zero attached hydrogens (tertiary/aromatic N) is 2. The third kappa shape index (κ3) is 3.48. The van der Waals surface area contributed by atoms with Crippen LogP contribution in [0.5, 0.6) is 0 Å². The predicted octanol–water partition coefficient (Wildman–Crippen LogP) is 0.781. The van der Waals surface area contributed by atoms with Crippen LogP contribution in [0.2, 0.25) is 0 Å². The maximum atomic E-state index is 5.39. The minimum atomic E-state index is 0.540. The van der Waals surface area contributed by atoms with Gasteiger partial charge in [0.05, 0.1) is 6.10 Å². The van der Waals surface area contributed by atoms with Crippen molar-refractivity contribution in [1.82, 2.24) is 15.1 Å². The average Bonchev–Trinajstić information content (AvgIpc) is 2.41. The Kier molecular flexibility index (Phi) is 4.74. The zero-order valence-electron chi connectivity index (χ0n) is 12.3. The molecule has 3 rings (SSSR count). The summed E-state index contributed by atoms with van der Waals surface area (Å²) in [6.07, 6.45) is 5.80. The van der Waals surface area contributed by atoms with Crippen LogP contribution in [-0.4, -0.2) is 74.9 Å². The fourth-order valence-electron chi connectivity index (χ4n) is 3.77. The van der Waals surface area contributed by atoms with Gasteiger partial charge in [0.1, 0.15) is 0 Å². The molecule has 1 N–H and O–H groups in total. The first-order valence-electron chi connectivity index (χ1n) is 8.05. The van der Waals surface area contributed by atoms with Crippen molar-refractivity contribution in [2.45, 2.75) is 37.8 Å². The SMILES string of the molecule is COC1CC(N2CCN(CC3CCNCC3)CC2)C1. The molecule has 0 aromatic rings. The van der Waals surface area contributed by atoms with E-state index in [4.69, 9.17) is 4.74 Å². The highest BCUT2D eigenvalue weighted by atomic mass is 16.5. The number of hydrogen-bond donors (Lipinski definition) is 1. The molecule has 4 heteroatoms. The number of ether oxygens (including phenoxy) is 1. The maximum Gasteiger partial charge on any atom is 0.0601 e. The molecular formula is C15H29N3O. The van der Waals surface area contributed by atoms with Crippen molar-refractivity contribution >= 4 is 0 Å². The van der Waals surface area contributed by atoms with Gasteiger partial charge in [-0.25, -0.2) is 0 Å². The summed E-state index contributed by atoms with van der Waals surface area (Å²) in [4.78, 5) is 5.38. The molecular weight excluding hydrogens is 238 g/mol. The standard InChI is InChI=1S/C15H29N3O/c1-19-15-10-14(11-15)18-8-6-17(7-9-18)12-13-2-4-16-5-3-13/h13-16H,2-12H2,1H3. The molecule has 0 spiro atoms. The second-order valence-corrected chi connectivity index (χ2v) is 6.51. The number of nitrogens with one attached hydrogen (secondary N) is 1. The van der Waals surface area contributed by atoms with E-state index in [1.165, 1.54) is 71.5 Å². The van der Waals surface area contributed by atoms with Gasteiger partial charge in [0.25, 0.3) is 0 Å². The van der Waals surface area contributed by atoms with Crippen LogP contribution in [0, 0.1) is 5.92 Å². The predicted molar refractivity (Wildman–Crippen MR) is 77.4 cm³/mol. The minimum absolute atomic E-state index is 0.540. The van der Waals surface area contributed by atoms with Crippen LogP contribution >= 0.6 is 0 Å². The monoisotopic (exact) mass is 267 g/mol. The average molecular weight is 267 g/mol. The minimum Gasteiger partial charge on any atom is -0.381 e. The van der Waals surface area contributed by atoms with E-state index in [0.29, 0.717) is 6.10 Å². The topological polar surface area (TPSA) is 27.7 Å². The molecule has 0 aromatic carbocycles. The Morgan fingerprint density at radius 2 is 1.74 bits per heavy atom. The lowest BCUT2D eigenvalue weighted by molar-refractivity contribution is -0.0414. The van der Waals surface area contributed by atoms with Crippen molar-refractivity contribution in [3.63, 3.8) is 0 Å². The zero-order valence-corrected chi connectivity index (χ0v) is 12.3. The van der Waals surface area contributed by atoms with Gasteiger partial charge in [0.2, 0.25) is 0 Å². The number of methoxy groups -OCH3 is 1. The van der Waals surface area contributed by atoms with E-state index in [1.54, 1.807) is 0 Å². The van der Waals surface area contributed by atoms with E-state index < -0.39 is 0 Å². The van der Waals surface area contributed by atoms with Gasteiger partial charge >= 0.3 is 0 Å². The first-order valence-corrected chi connectivity index (χ1v) is 8.05. The van der Waals surface area contributed by atoms with Crippen molar-refractivity contribution in [3.05, 3.63) is 0 Å². The molecule has 0 unspecified atom stereocenters. The third-order valence-electron chi connectivity index (χ3n) is 5.30. The van der Waals surface area contributed by atoms with E-state index in [9.17, 15) is 0 Å². The second-order valence-electron chi connectivity index (χ2n) is 6.51. The van der Waals surface area contributed by atoms with Crippen molar-refractivity contribution in [1.29, 1.82) is 0 Å². The van der Waals surface area contributed by atoms with E-state index in [0.717, 1.165) is 12.0 Å². The summed E-state index contributed by atoms with van der Waals surface area (Å²) in [5.41, 5.74) is 0. The zero-order chi connectivity index (χ0) is 13.1. The molecule has 4 nitrogen and oxygen atoms in total. The second kappa shape index (κ2) is 6.53. The molecule has 110 valence electrons. The molecule has 0 radical (unpaired) electrons. The molecule has 2 aliphatic heterocycles. The molecule has 0 atom stereocenters. The number of piperazine rings is 1. The Labute approximate surface area is 117 Å². The van der Waals surface area contributed by atoms with Gasteiger partial charge in [-0.2, -0.15) is 0 Å². The number of piperidine rings is 1. The molecule has 1 aliphatic carbocycles. The lowest BCUT2D eigenvalue weighted by Crippen LogP contribution is -2.56. The molecule has 0 aromatic heterocycles. The highest BCUT2D eigenvalue weighted by molar-refractivity contribution is 4.90. The molecule has 3 aliphatic rings. The first kappa shape index (κ1) is 13.8. The fraction of sp³-hybridized carbons (Fsp3) is 1.00. The molecule has 3 fully saturated rings. The molecule has 2 saturated heterocycles. The van der Waals surface area contributed by atoms with Gasteiger partial charge in [-0.15, -0.1) is 0 Å². The summed E-state index contributed by atoms with van der Waals surface area (Å²) < 4.78 is 5.39. The van der Waals surface area contributed by atoms with Crippen molar-refractivity contribution in [2.75, 3.05) is 52.9 Å². The Bertz CT molecular complexity index is 267. The highest BCUT2D eigenvalue weighted by Gasteiger charge is 2.35. The smallest absolute Gasteiger partial charge is 0.0601 e. The first-order chi connectivity index (χ1) is 9.35. The fourth-order valence-corrected chi connectivity index (χ4v) is 3.77. The quantitative estimate of drug-likeness (QED) is 0.815. The van der Waals surface area contributed by atoms with Crippen LogP contribution in [0.15, 0.2) is 0 Å². The summed E-state index contributed by atoms with van der Waals surface area (Å²) in [6, 6.07) is 0.811. The molecule has 0 bridgehead atoms. The van der Waals surface area contributed by atoms with Crippen LogP contribution in [0.3, 0.4) is 0 Å². The molecule has 0 amide bonds. The maximum absolute atomic E-state index is 5.39. The van der Waals surface area contributed by atoms with Crippen molar-refractivity contribution < 1.29 is 4.74 Å². The summed E-state index contributed by atoms with van der Waals surface area (Å²) >= 11 is 0. The summed E-state index contributed by atoms with van der Waals surface area (Å²) in [7, 11) is 1.85. The van der Waals surface area contributed by atoms with Crippen LogP contribution in [0.1, 0.15) is 25.7 Å². The van der Waals surface area contributed by atoms with Gasteiger partial charge in [-0.3, -0.25) is 4.90 Å². The number of rotatable bonds is 4. The van der Waals surface area contributed by atoms with E-state index >= 15 is 0 Å². The van der Waals surface area contributed by atoms with Crippen molar-refractivity contribution in [2.24, 2.45) is 5.92 Å². The van der Waals surface area contributed by atoms with Crippen molar-refractivity contribution in [3.8, 4) is 0 Å². The van der Waals surface area contributed by atoms with E-state index in [-0.39, 0.29) is 0 Å². The lowest BCUT2D eigenvalue weighted by atomic mass is 9.87. The van der Waals surface area contributed by atoms with E-state index in [2.05, 4.69) is 15.1 Å². The van der Waals surface area contributed by atoms with Gasteiger partial charge < -0.3 is 15.0 Å². The van der Waals surface area contributed by atoms with Crippen LogP contribution < -0.4 is 5.32 Å². The van der Waals surface area contributed by atoms with Crippen LogP contribution in [0.25, 0.3) is 0 Å². The lowest BCUT2D eigenvalue weighted by Gasteiger charge is -2.46. The summed E-state index contributed by atoms with van der Waals surface area (Å²) in [6.45, 7) is 8.88. The largest absolute Gasteiger partial charge is 0.381 e. The third-order valence-corrected chi connectivity index (χ3v) is 5.30. The Hall–Kier alpha value is -0.160. The Morgan fingerprint density at radius 3 is 2.37 bits per heavy atom. The molecule has 19 heavy (non-hydrogen) atoms. The highest BCUT2D eigenvalue weighted by Crippen LogP contribution is 2.28. The van der Waals surface area contributed by atoms with Gasteiger partial charge in [0, 0.05) is 45.9 Å². The van der Waals surface area contributed by atoms with E-state index in [1.807, 2.05) is 7.11 Å². The Balaban J connectivity index is 1.35. The normalized spacial score (nSPS) is 35.2.